The van der Waals surface area contributed by atoms with Gasteiger partial charge in [0.25, 0.3) is 0 Å². The minimum absolute atomic E-state index is 0.359. The molecule has 1 aromatic carbocycles. The van der Waals surface area contributed by atoms with Gasteiger partial charge in [0, 0.05) is 11.8 Å². The van der Waals surface area contributed by atoms with E-state index in [2.05, 4.69) is 32.9 Å². The van der Waals surface area contributed by atoms with E-state index in [9.17, 15) is 0 Å². The zero-order valence-electron chi connectivity index (χ0n) is 10.2. The lowest BCUT2D eigenvalue weighted by Crippen LogP contribution is -1.91. The van der Waals surface area contributed by atoms with Crippen molar-refractivity contribution in [3.63, 3.8) is 0 Å². The summed E-state index contributed by atoms with van der Waals surface area (Å²) in [6, 6.07) is 11.1. The largest absolute Gasteiger partial charge is 0.281 e. The highest BCUT2D eigenvalue weighted by atomic mass is 35.5. The third-order valence-electron chi connectivity index (χ3n) is 2.53. The van der Waals surface area contributed by atoms with Gasteiger partial charge in [-0.15, -0.1) is 12.8 Å². The molecule has 2 heterocycles. The van der Waals surface area contributed by atoms with Crippen LogP contribution in [-0.2, 0) is 0 Å². The standard InChI is InChI=1S/C13H7Cl2N3.H3NS/c14-11-6-5-8(7-16-11)12-13(15)18-10-4-2-1-3-9(10)17-12;1-2/h1-7H;2H,1H2. The average molecular weight is 325 g/mol. The van der Waals surface area contributed by atoms with Crippen molar-refractivity contribution in [3.05, 3.63) is 52.9 Å². The van der Waals surface area contributed by atoms with E-state index in [0.717, 1.165) is 16.6 Å². The highest BCUT2D eigenvalue weighted by Crippen LogP contribution is 2.26. The van der Waals surface area contributed by atoms with Crippen LogP contribution in [0.3, 0.4) is 0 Å². The lowest BCUT2D eigenvalue weighted by Gasteiger charge is -2.04. The maximum Gasteiger partial charge on any atom is 0.156 e. The Hall–Kier alpha value is -1.40. The highest BCUT2D eigenvalue weighted by Gasteiger charge is 2.09. The highest BCUT2D eigenvalue weighted by molar-refractivity contribution is 7.77. The van der Waals surface area contributed by atoms with E-state index in [1.54, 1.807) is 12.3 Å². The Bertz CT molecular complexity index is 719. The smallest absolute Gasteiger partial charge is 0.156 e. The molecule has 0 atom stereocenters. The zero-order chi connectivity index (χ0) is 14.5. The van der Waals surface area contributed by atoms with E-state index in [-0.39, 0.29) is 0 Å². The molecule has 0 bridgehead atoms. The predicted octanol–water partition coefficient (Wildman–Crippen LogP) is 3.79. The molecular weight excluding hydrogens is 315 g/mol. The number of nitrogens with two attached hydrogens (primary N) is 1. The monoisotopic (exact) mass is 324 g/mol. The van der Waals surface area contributed by atoms with Gasteiger partial charge in [-0.05, 0) is 24.3 Å². The van der Waals surface area contributed by atoms with E-state index in [1.807, 2.05) is 30.3 Å². The molecule has 2 N–H and O–H groups in total. The van der Waals surface area contributed by atoms with Crippen molar-refractivity contribution >= 4 is 47.1 Å². The summed E-state index contributed by atoms with van der Waals surface area (Å²) in [7, 11) is 0. The second-order valence-electron chi connectivity index (χ2n) is 3.72. The number of aromatic nitrogens is 3. The van der Waals surface area contributed by atoms with Crippen LogP contribution in [0.25, 0.3) is 22.3 Å². The first-order valence-electron chi connectivity index (χ1n) is 5.54. The Labute approximate surface area is 131 Å². The lowest BCUT2D eigenvalue weighted by atomic mass is 10.2. The van der Waals surface area contributed by atoms with E-state index in [4.69, 9.17) is 23.2 Å². The van der Waals surface area contributed by atoms with Crippen LogP contribution in [0.15, 0.2) is 42.6 Å². The number of halogens is 2. The maximum atomic E-state index is 6.14. The van der Waals surface area contributed by atoms with Crippen molar-refractivity contribution in [2.45, 2.75) is 0 Å². The number of thiol groups is 1. The molecule has 0 aliphatic rings. The van der Waals surface area contributed by atoms with Gasteiger partial charge in [0.1, 0.15) is 10.8 Å². The number of pyridine rings is 1. The number of hydrogen-bond donors (Lipinski definition) is 2. The average Bonchev–Trinajstić information content (AvgIpc) is 2.49. The van der Waals surface area contributed by atoms with Crippen molar-refractivity contribution < 1.29 is 0 Å². The molecule has 7 heteroatoms. The molecule has 2 aromatic heterocycles. The first-order chi connectivity index (χ1) is 9.74. The Balaban J connectivity index is 0.000000704. The Morgan fingerprint density at radius 1 is 0.900 bits per heavy atom. The maximum absolute atomic E-state index is 6.14. The molecule has 4 nitrogen and oxygen atoms in total. The first-order valence-corrected chi connectivity index (χ1v) is 6.81. The van der Waals surface area contributed by atoms with Gasteiger partial charge in [-0.25, -0.2) is 15.0 Å². The molecule has 0 unspecified atom stereocenters. The van der Waals surface area contributed by atoms with Crippen LogP contribution in [-0.4, -0.2) is 15.0 Å². The minimum Gasteiger partial charge on any atom is -0.281 e. The van der Waals surface area contributed by atoms with Crippen molar-refractivity contribution in [1.29, 1.82) is 0 Å². The van der Waals surface area contributed by atoms with Crippen molar-refractivity contribution in [2.75, 3.05) is 0 Å². The Morgan fingerprint density at radius 3 is 2.15 bits per heavy atom. The van der Waals surface area contributed by atoms with E-state index >= 15 is 0 Å². The van der Waals surface area contributed by atoms with Crippen molar-refractivity contribution in [1.82, 2.24) is 15.0 Å². The van der Waals surface area contributed by atoms with Gasteiger partial charge in [-0.1, -0.05) is 35.3 Å². The summed E-state index contributed by atoms with van der Waals surface area (Å²) in [4.78, 5) is 12.8. The van der Waals surface area contributed by atoms with Gasteiger partial charge < -0.3 is 0 Å². The summed E-state index contributed by atoms with van der Waals surface area (Å²) in [5, 5.41) is 4.99. The normalized spacial score (nSPS) is 10.0. The molecule has 0 fully saturated rings. The lowest BCUT2D eigenvalue weighted by molar-refractivity contribution is 1.26. The molecule has 0 aliphatic carbocycles. The van der Waals surface area contributed by atoms with Gasteiger partial charge >= 0.3 is 0 Å². The fourth-order valence-electron chi connectivity index (χ4n) is 1.68. The molecule has 3 rings (SSSR count). The van der Waals surface area contributed by atoms with Gasteiger partial charge in [0.05, 0.1) is 11.0 Å². The minimum atomic E-state index is 0.359. The molecule has 0 saturated heterocycles. The summed E-state index contributed by atoms with van der Waals surface area (Å²) >= 11 is 14.9. The summed E-state index contributed by atoms with van der Waals surface area (Å²) in [5.41, 5.74) is 2.97. The summed E-state index contributed by atoms with van der Waals surface area (Å²) in [5.74, 6) is 0. The van der Waals surface area contributed by atoms with Crippen LogP contribution < -0.4 is 5.14 Å². The fourth-order valence-corrected chi connectivity index (χ4v) is 2.03. The number of rotatable bonds is 1. The number of benzene rings is 1. The van der Waals surface area contributed by atoms with Gasteiger partial charge in [-0.3, -0.25) is 5.14 Å². The number of hydrogen-bond acceptors (Lipinski definition) is 5. The molecule has 0 radical (unpaired) electrons. The molecule has 0 aliphatic heterocycles. The van der Waals surface area contributed by atoms with Gasteiger partial charge in [-0.2, -0.15) is 0 Å². The van der Waals surface area contributed by atoms with E-state index in [0.29, 0.717) is 16.0 Å². The van der Waals surface area contributed by atoms with E-state index < -0.39 is 0 Å². The molecular formula is C13H10Cl2N4S. The molecule has 0 spiro atoms. The molecule has 0 amide bonds. The number of nitrogens with zero attached hydrogens (tertiary/aromatic N) is 3. The van der Waals surface area contributed by atoms with E-state index in [1.165, 1.54) is 0 Å². The first kappa shape index (κ1) is 15.0. The van der Waals surface area contributed by atoms with Crippen LogP contribution in [0.4, 0.5) is 0 Å². The summed E-state index contributed by atoms with van der Waals surface area (Å²) in [6.07, 6.45) is 1.63. The summed E-state index contributed by atoms with van der Waals surface area (Å²) < 4.78 is 0. The van der Waals surface area contributed by atoms with Crippen molar-refractivity contribution in [2.24, 2.45) is 5.14 Å². The Kier molecular flexibility index (Phi) is 5.14. The van der Waals surface area contributed by atoms with Crippen LogP contribution >= 0.6 is 36.0 Å². The van der Waals surface area contributed by atoms with Crippen LogP contribution in [0.2, 0.25) is 10.3 Å². The quantitative estimate of drug-likeness (QED) is 0.528. The SMILES string of the molecule is Clc1ccc(-c2nc3ccccc3nc2Cl)cn1.NS. The third-order valence-corrected chi connectivity index (χ3v) is 3.02. The van der Waals surface area contributed by atoms with Gasteiger partial charge in [0.15, 0.2) is 5.15 Å². The zero-order valence-corrected chi connectivity index (χ0v) is 12.6. The fraction of sp³-hybridized carbons (Fsp3) is 0. The number of para-hydroxylation sites is 2. The number of fused-ring (bicyclic) bond motifs is 1. The predicted molar refractivity (Wildman–Crippen MR) is 86.0 cm³/mol. The molecule has 0 saturated carbocycles. The van der Waals surface area contributed by atoms with Crippen LogP contribution in [0.1, 0.15) is 0 Å². The molecule has 102 valence electrons. The second kappa shape index (κ2) is 6.85. The summed E-state index contributed by atoms with van der Waals surface area (Å²) in [6.45, 7) is 0. The van der Waals surface area contributed by atoms with Crippen LogP contribution in [0, 0.1) is 0 Å². The van der Waals surface area contributed by atoms with Gasteiger partial charge in [0.2, 0.25) is 0 Å². The second-order valence-corrected chi connectivity index (χ2v) is 4.47. The molecule has 3 aromatic rings. The van der Waals surface area contributed by atoms with Crippen molar-refractivity contribution in [3.8, 4) is 11.3 Å². The third kappa shape index (κ3) is 3.19. The molecule has 20 heavy (non-hydrogen) atoms. The topological polar surface area (TPSA) is 64.7 Å². The van der Waals surface area contributed by atoms with Crippen LogP contribution in [0.5, 0.6) is 0 Å². The Morgan fingerprint density at radius 2 is 1.55 bits per heavy atom.